The van der Waals surface area contributed by atoms with Crippen LogP contribution in [0.1, 0.15) is 10.6 Å². The highest BCUT2D eigenvalue weighted by Crippen LogP contribution is 2.00. The number of imide groups is 1. The van der Waals surface area contributed by atoms with Gasteiger partial charge in [-0.25, -0.2) is 0 Å². The maximum absolute atomic E-state index is 11.6. The molecular weight excluding hydrogens is 204 g/mol. The Bertz CT molecular complexity index is 397. The van der Waals surface area contributed by atoms with Crippen LogP contribution in [0, 0.1) is 0 Å². The van der Waals surface area contributed by atoms with Crippen LogP contribution < -0.4 is 5.32 Å². The number of nitrogens with one attached hydrogen (secondary N) is 2. The largest absolute Gasteiger partial charge is 0.317 e. The summed E-state index contributed by atoms with van der Waals surface area (Å²) in [5.41, 5.74) is 0. The number of carbonyl (C=O) groups excluding carboxylic acids is 3. The van der Waals surface area contributed by atoms with Crippen molar-refractivity contribution in [3.8, 4) is 0 Å². The van der Waals surface area contributed by atoms with Crippen molar-refractivity contribution in [2.45, 2.75) is 0 Å². The fourth-order valence-electron chi connectivity index (χ4n) is 1.17. The van der Waals surface area contributed by atoms with Crippen molar-refractivity contribution in [3.63, 3.8) is 0 Å². The molecule has 9 nitrogen and oxygen atoms in total. The third-order valence-electron chi connectivity index (χ3n) is 1.77. The SMILES string of the molecule is O=C1CN(C(=O)c2nn[nH]n2)CC(=O)N1. The first-order chi connectivity index (χ1) is 7.16. The molecule has 2 N–H and O–H groups in total. The first kappa shape index (κ1) is 9.24. The molecule has 0 radical (unpaired) electrons. The van der Waals surface area contributed by atoms with E-state index in [2.05, 4.69) is 25.9 Å². The number of H-pyrrole nitrogens is 1. The second kappa shape index (κ2) is 3.44. The summed E-state index contributed by atoms with van der Waals surface area (Å²) in [4.78, 5) is 34.5. The Morgan fingerprint density at radius 3 is 2.47 bits per heavy atom. The maximum Gasteiger partial charge on any atom is 0.296 e. The van der Waals surface area contributed by atoms with Crippen molar-refractivity contribution in [3.05, 3.63) is 5.82 Å². The molecule has 1 saturated heterocycles. The van der Waals surface area contributed by atoms with Crippen LogP contribution in [0.5, 0.6) is 0 Å². The van der Waals surface area contributed by atoms with Gasteiger partial charge in [0.25, 0.3) is 11.7 Å². The second-order valence-electron chi connectivity index (χ2n) is 2.87. The molecule has 0 unspecified atom stereocenters. The fraction of sp³-hybridized carbons (Fsp3) is 0.333. The number of amides is 3. The van der Waals surface area contributed by atoms with Crippen LogP contribution in [0.2, 0.25) is 0 Å². The summed E-state index contributed by atoms with van der Waals surface area (Å²) in [5.74, 6) is -1.82. The van der Waals surface area contributed by atoms with Crippen LogP contribution >= 0.6 is 0 Å². The van der Waals surface area contributed by atoms with Gasteiger partial charge in [-0.15, -0.1) is 10.2 Å². The van der Waals surface area contributed by atoms with E-state index in [4.69, 9.17) is 0 Å². The molecule has 0 bridgehead atoms. The molecule has 0 atom stereocenters. The number of carbonyl (C=O) groups is 3. The van der Waals surface area contributed by atoms with Crippen LogP contribution in [-0.4, -0.2) is 56.3 Å². The monoisotopic (exact) mass is 210 g/mol. The Balaban J connectivity index is 2.14. The van der Waals surface area contributed by atoms with Gasteiger partial charge in [-0.05, 0) is 5.21 Å². The molecule has 1 aliphatic rings. The number of aromatic amines is 1. The Labute approximate surface area is 82.8 Å². The van der Waals surface area contributed by atoms with Crippen LogP contribution in [0.15, 0.2) is 0 Å². The normalized spacial score (nSPS) is 16.4. The Morgan fingerprint density at radius 1 is 1.27 bits per heavy atom. The zero-order chi connectivity index (χ0) is 10.8. The van der Waals surface area contributed by atoms with Crippen LogP contribution in [0.4, 0.5) is 0 Å². The van der Waals surface area contributed by atoms with Crippen molar-refractivity contribution < 1.29 is 14.4 Å². The molecule has 0 saturated carbocycles. The molecule has 78 valence electrons. The van der Waals surface area contributed by atoms with Gasteiger partial charge in [-0.3, -0.25) is 19.7 Å². The van der Waals surface area contributed by atoms with E-state index in [0.29, 0.717) is 0 Å². The van der Waals surface area contributed by atoms with Crippen LogP contribution in [-0.2, 0) is 9.59 Å². The van der Waals surface area contributed by atoms with E-state index in [1.165, 1.54) is 0 Å². The highest BCUT2D eigenvalue weighted by atomic mass is 16.2. The lowest BCUT2D eigenvalue weighted by atomic mass is 10.3. The van der Waals surface area contributed by atoms with Gasteiger partial charge >= 0.3 is 0 Å². The first-order valence-corrected chi connectivity index (χ1v) is 4.02. The van der Waals surface area contributed by atoms with Gasteiger partial charge in [-0.1, -0.05) is 0 Å². The number of piperazine rings is 1. The Hall–Kier alpha value is -2.32. The van der Waals surface area contributed by atoms with Crippen molar-refractivity contribution in [2.75, 3.05) is 13.1 Å². The molecule has 9 heteroatoms. The molecule has 1 fully saturated rings. The standard InChI is InChI=1S/C6H6N6O3/c13-3-1-12(2-4(14)7-3)6(15)5-8-10-11-9-5/h1-2H2,(H,7,13,14)(H,8,9,10,11). The first-order valence-electron chi connectivity index (χ1n) is 4.02. The molecule has 1 aromatic heterocycles. The third kappa shape index (κ3) is 1.80. The maximum atomic E-state index is 11.6. The summed E-state index contributed by atoms with van der Waals surface area (Å²) < 4.78 is 0. The average Bonchev–Trinajstić information content (AvgIpc) is 2.67. The summed E-state index contributed by atoms with van der Waals surface area (Å²) in [6.45, 7) is -0.363. The van der Waals surface area contributed by atoms with E-state index in [1.807, 2.05) is 0 Å². The lowest BCUT2D eigenvalue weighted by Crippen LogP contribution is -2.53. The molecule has 0 aliphatic carbocycles. The van der Waals surface area contributed by atoms with Gasteiger partial charge in [0.15, 0.2) is 0 Å². The minimum atomic E-state index is -0.605. The van der Waals surface area contributed by atoms with Crippen molar-refractivity contribution in [1.29, 1.82) is 0 Å². The lowest BCUT2D eigenvalue weighted by Gasteiger charge is -2.23. The van der Waals surface area contributed by atoms with E-state index >= 15 is 0 Å². The zero-order valence-corrected chi connectivity index (χ0v) is 7.43. The van der Waals surface area contributed by atoms with E-state index in [-0.39, 0.29) is 18.9 Å². The zero-order valence-electron chi connectivity index (χ0n) is 7.43. The minimum absolute atomic E-state index is 0.169. The molecule has 2 heterocycles. The molecule has 0 spiro atoms. The molecular formula is C6H6N6O3. The van der Waals surface area contributed by atoms with Crippen molar-refractivity contribution in [1.82, 2.24) is 30.8 Å². The number of tetrazole rings is 1. The van der Waals surface area contributed by atoms with E-state index in [9.17, 15) is 14.4 Å². The number of nitrogens with zero attached hydrogens (tertiary/aromatic N) is 4. The van der Waals surface area contributed by atoms with Gasteiger partial charge in [-0.2, -0.15) is 5.21 Å². The van der Waals surface area contributed by atoms with E-state index < -0.39 is 17.7 Å². The summed E-state index contributed by atoms with van der Waals surface area (Å²) in [6, 6.07) is 0. The summed E-state index contributed by atoms with van der Waals surface area (Å²) >= 11 is 0. The topological polar surface area (TPSA) is 121 Å². The van der Waals surface area contributed by atoms with Crippen LogP contribution in [0.25, 0.3) is 0 Å². The molecule has 1 aliphatic heterocycles. The van der Waals surface area contributed by atoms with Gasteiger partial charge in [0.05, 0.1) is 0 Å². The molecule has 1 aromatic rings. The minimum Gasteiger partial charge on any atom is -0.317 e. The fourth-order valence-corrected chi connectivity index (χ4v) is 1.17. The molecule has 0 aromatic carbocycles. The summed E-state index contributed by atoms with van der Waals surface area (Å²) in [6.07, 6.45) is 0. The quantitative estimate of drug-likeness (QED) is 0.486. The predicted octanol–water partition coefficient (Wildman–Crippen LogP) is -2.70. The van der Waals surface area contributed by atoms with E-state index in [1.54, 1.807) is 0 Å². The van der Waals surface area contributed by atoms with E-state index in [0.717, 1.165) is 4.90 Å². The Kier molecular flexibility index (Phi) is 2.12. The van der Waals surface area contributed by atoms with Gasteiger partial charge in [0, 0.05) is 0 Å². The third-order valence-corrected chi connectivity index (χ3v) is 1.77. The smallest absolute Gasteiger partial charge is 0.296 e. The van der Waals surface area contributed by atoms with Gasteiger partial charge in [0.1, 0.15) is 13.1 Å². The number of hydrogen-bond donors (Lipinski definition) is 2. The van der Waals surface area contributed by atoms with Crippen molar-refractivity contribution in [2.24, 2.45) is 0 Å². The molecule has 3 amide bonds. The van der Waals surface area contributed by atoms with Gasteiger partial charge < -0.3 is 4.90 Å². The molecule has 2 rings (SSSR count). The highest BCUT2D eigenvalue weighted by molar-refractivity contribution is 6.04. The summed E-state index contributed by atoms with van der Waals surface area (Å²) in [5, 5.41) is 14.3. The average molecular weight is 210 g/mol. The second-order valence-corrected chi connectivity index (χ2v) is 2.87. The van der Waals surface area contributed by atoms with Gasteiger partial charge in [0.2, 0.25) is 11.8 Å². The summed E-state index contributed by atoms with van der Waals surface area (Å²) in [7, 11) is 0. The van der Waals surface area contributed by atoms with Crippen molar-refractivity contribution >= 4 is 17.7 Å². The Morgan fingerprint density at radius 2 is 1.93 bits per heavy atom. The predicted molar refractivity (Wildman–Crippen MR) is 43.2 cm³/mol. The number of hydrogen-bond acceptors (Lipinski definition) is 6. The molecule has 15 heavy (non-hydrogen) atoms. The van der Waals surface area contributed by atoms with Crippen LogP contribution in [0.3, 0.4) is 0 Å². The number of aromatic nitrogens is 4. The lowest BCUT2D eigenvalue weighted by molar-refractivity contribution is -0.135. The highest BCUT2D eigenvalue weighted by Gasteiger charge is 2.28. The number of rotatable bonds is 1.